The van der Waals surface area contributed by atoms with Gasteiger partial charge in [0.1, 0.15) is 17.1 Å². The molecule has 0 saturated heterocycles. The van der Waals surface area contributed by atoms with Crippen LogP contribution in [0.5, 0.6) is 0 Å². The van der Waals surface area contributed by atoms with Crippen LogP contribution in [0.15, 0.2) is 66.8 Å². The quantitative estimate of drug-likeness (QED) is 0.533. The average Bonchev–Trinajstić information content (AvgIpc) is 2.72. The van der Waals surface area contributed by atoms with Gasteiger partial charge in [0.15, 0.2) is 0 Å². The van der Waals surface area contributed by atoms with Gasteiger partial charge in [-0.15, -0.1) is 0 Å². The number of aromatic nitrogens is 1. The maximum absolute atomic E-state index is 13.0. The van der Waals surface area contributed by atoms with Gasteiger partial charge in [0.2, 0.25) is 0 Å². The van der Waals surface area contributed by atoms with Crippen LogP contribution in [0.1, 0.15) is 12.6 Å². The molecule has 146 valence electrons. The van der Waals surface area contributed by atoms with Crippen molar-refractivity contribution in [3.63, 3.8) is 0 Å². The molecule has 2 aromatic rings. The molecule has 7 nitrogen and oxygen atoms in total. The summed E-state index contributed by atoms with van der Waals surface area (Å²) in [6, 6.07) is 10.7. The lowest BCUT2D eigenvalue weighted by atomic mass is 10.2. The van der Waals surface area contributed by atoms with E-state index in [0.29, 0.717) is 11.4 Å². The van der Waals surface area contributed by atoms with Crippen molar-refractivity contribution in [3.05, 3.63) is 78.3 Å². The van der Waals surface area contributed by atoms with Crippen molar-refractivity contribution in [2.24, 2.45) is 0 Å². The number of methoxy groups -OCH3 is 1. The molecule has 2 rings (SSSR count). The molecule has 1 heterocycles. The van der Waals surface area contributed by atoms with Gasteiger partial charge in [0, 0.05) is 24.3 Å². The van der Waals surface area contributed by atoms with E-state index in [2.05, 4.69) is 15.6 Å². The highest BCUT2D eigenvalue weighted by molar-refractivity contribution is 6.15. The van der Waals surface area contributed by atoms with E-state index in [1.165, 1.54) is 50.0 Å². The summed E-state index contributed by atoms with van der Waals surface area (Å²) in [5.74, 6) is -1.64. The molecule has 0 unspecified atom stereocenters. The first-order valence-corrected chi connectivity index (χ1v) is 8.41. The number of anilines is 1. The van der Waals surface area contributed by atoms with Gasteiger partial charge in [0.25, 0.3) is 0 Å². The smallest absolute Gasteiger partial charge is 0.355 e. The number of rotatable bonds is 8. The van der Waals surface area contributed by atoms with Crippen LogP contribution >= 0.6 is 0 Å². The second-order valence-electron chi connectivity index (χ2n) is 5.34. The Labute approximate surface area is 161 Å². The summed E-state index contributed by atoms with van der Waals surface area (Å²) < 4.78 is 22.8. The highest BCUT2D eigenvalue weighted by Crippen LogP contribution is 2.13. The summed E-state index contributed by atoms with van der Waals surface area (Å²) >= 11 is 0. The van der Waals surface area contributed by atoms with E-state index in [1.807, 2.05) is 0 Å². The Morgan fingerprint density at radius 2 is 1.86 bits per heavy atom. The molecule has 0 bridgehead atoms. The first kappa shape index (κ1) is 20.6. The van der Waals surface area contributed by atoms with Gasteiger partial charge < -0.3 is 20.1 Å². The van der Waals surface area contributed by atoms with Crippen LogP contribution in [0.4, 0.5) is 10.1 Å². The molecule has 28 heavy (non-hydrogen) atoms. The fourth-order valence-corrected chi connectivity index (χ4v) is 2.09. The molecule has 0 amide bonds. The van der Waals surface area contributed by atoms with Crippen LogP contribution in [0.2, 0.25) is 0 Å². The highest BCUT2D eigenvalue weighted by atomic mass is 19.1. The first-order valence-electron chi connectivity index (χ1n) is 8.41. The standard InChI is InChI=1S/C20H20FN3O4/c1-3-28-19(25)16(17-6-4-5-11-22-17)12-24-18(20(26)27-2)13-23-15-9-7-14(21)8-10-15/h4-13,23-24H,3H2,1-2H3/b16-12+,18-13-. The van der Waals surface area contributed by atoms with Crippen LogP contribution in [-0.4, -0.2) is 30.6 Å². The fraction of sp³-hybridized carbons (Fsp3) is 0.150. The minimum atomic E-state index is -0.671. The summed E-state index contributed by atoms with van der Waals surface area (Å²) in [6.45, 7) is 1.88. The minimum Gasteiger partial charge on any atom is -0.464 e. The lowest BCUT2D eigenvalue weighted by molar-refractivity contribution is -0.137. The van der Waals surface area contributed by atoms with Gasteiger partial charge in [-0.1, -0.05) is 6.07 Å². The molecular weight excluding hydrogens is 365 g/mol. The van der Waals surface area contributed by atoms with E-state index in [4.69, 9.17) is 9.47 Å². The third kappa shape index (κ3) is 5.94. The van der Waals surface area contributed by atoms with Gasteiger partial charge >= 0.3 is 11.9 Å². The Kier molecular flexibility index (Phi) is 7.71. The van der Waals surface area contributed by atoms with Gasteiger partial charge in [-0.3, -0.25) is 4.98 Å². The van der Waals surface area contributed by atoms with Crippen LogP contribution in [0.25, 0.3) is 5.57 Å². The van der Waals surface area contributed by atoms with Crippen molar-refractivity contribution in [2.45, 2.75) is 6.92 Å². The van der Waals surface area contributed by atoms with Crippen molar-refractivity contribution in [3.8, 4) is 0 Å². The lowest BCUT2D eigenvalue weighted by Crippen LogP contribution is -2.20. The molecule has 8 heteroatoms. The number of hydrogen-bond acceptors (Lipinski definition) is 7. The summed E-state index contributed by atoms with van der Waals surface area (Å²) in [6.07, 6.45) is 4.20. The fourth-order valence-electron chi connectivity index (χ4n) is 2.09. The largest absolute Gasteiger partial charge is 0.464 e. The van der Waals surface area contributed by atoms with Crippen LogP contribution in [0, 0.1) is 5.82 Å². The molecule has 0 aliphatic carbocycles. The second-order valence-corrected chi connectivity index (χ2v) is 5.34. The number of esters is 2. The van der Waals surface area contributed by atoms with E-state index >= 15 is 0 Å². The first-order chi connectivity index (χ1) is 13.5. The number of nitrogens with zero attached hydrogens (tertiary/aromatic N) is 1. The maximum Gasteiger partial charge on any atom is 0.355 e. The van der Waals surface area contributed by atoms with E-state index < -0.39 is 11.9 Å². The van der Waals surface area contributed by atoms with Crippen molar-refractivity contribution in [1.82, 2.24) is 10.3 Å². The van der Waals surface area contributed by atoms with E-state index in [1.54, 1.807) is 25.1 Å². The van der Waals surface area contributed by atoms with Crippen molar-refractivity contribution >= 4 is 23.2 Å². The summed E-state index contributed by atoms with van der Waals surface area (Å²) in [5, 5.41) is 5.59. The third-order valence-electron chi connectivity index (χ3n) is 3.44. The zero-order chi connectivity index (χ0) is 20.4. The maximum atomic E-state index is 13.0. The van der Waals surface area contributed by atoms with Crippen LogP contribution in [-0.2, 0) is 19.1 Å². The molecule has 0 aliphatic rings. The topological polar surface area (TPSA) is 89.6 Å². The normalized spacial score (nSPS) is 11.5. The molecule has 2 N–H and O–H groups in total. The zero-order valence-electron chi connectivity index (χ0n) is 15.4. The molecule has 0 saturated carbocycles. The Hall–Kier alpha value is -3.68. The number of hydrogen-bond donors (Lipinski definition) is 2. The molecule has 0 aliphatic heterocycles. The third-order valence-corrected chi connectivity index (χ3v) is 3.44. The number of carbonyl (C=O) groups is 2. The molecular formula is C20H20FN3O4. The monoisotopic (exact) mass is 385 g/mol. The van der Waals surface area contributed by atoms with Gasteiger partial charge in [0.05, 0.1) is 19.4 Å². The minimum absolute atomic E-state index is 0.0181. The Morgan fingerprint density at radius 3 is 2.46 bits per heavy atom. The Morgan fingerprint density at radius 1 is 1.11 bits per heavy atom. The average molecular weight is 385 g/mol. The number of halogens is 1. The summed E-state index contributed by atoms with van der Waals surface area (Å²) in [5.41, 5.74) is 1.09. The number of benzene rings is 1. The van der Waals surface area contributed by atoms with Gasteiger partial charge in [-0.25, -0.2) is 14.0 Å². The number of pyridine rings is 1. The highest BCUT2D eigenvalue weighted by Gasteiger charge is 2.16. The predicted molar refractivity (Wildman–Crippen MR) is 102 cm³/mol. The van der Waals surface area contributed by atoms with E-state index in [-0.39, 0.29) is 23.7 Å². The molecule has 1 aromatic carbocycles. The Balaban J connectivity index is 2.27. The van der Waals surface area contributed by atoms with Gasteiger partial charge in [-0.05, 0) is 43.3 Å². The SMILES string of the molecule is CCOC(=O)/C(=C/N/C(=C\Nc1ccc(F)cc1)C(=O)OC)c1ccccn1. The zero-order valence-corrected chi connectivity index (χ0v) is 15.4. The van der Waals surface area contributed by atoms with Crippen LogP contribution < -0.4 is 10.6 Å². The molecule has 1 aromatic heterocycles. The molecule has 0 spiro atoms. The van der Waals surface area contributed by atoms with Crippen LogP contribution in [0.3, 0.4) is 0 Å². The number of nitrogens with one attached hydrogen (secondary N) is 2. The Bertz CT molecular complexity index is 865. The van der Waals surface area contributed by atoms with Crippen molar-refractivity contribution in [1.29, 1.82) is 0 Å². The predicted octanol–water partition coefficient (Wildman–Crippen LogP) is 2.84. The van der Waals surface area contributed by atoms with Crippen molar-refractivity contribution < 1.29 is 23.5 Å². The lowest BCUT2D eigenvalue weighted by Gasteiger charge is -2.10. The van der Waals surface area contributed by atoms with E-state index in [9.17, 15) is 14.0 Å². The number of carbonyl (C=O) groups excluding carboxylic acids is 2. The second kappa shape index (κ2) is 10.5. The number of ether oxygens (including phenoxy) is 2. The molecule has 0 atom stereocenters. The summed E-state index contributed by atoms with van der Waals surface area (Å²) in [7, 11) is 1.23. The van der Waals surface area contributed by atoms with Crippen molar-refractivity contribution in [2.75, 3.05) is 19.0 Å². The molecule has 0 radical (unpaired) electrons. The van der Waals surface area contributed by atoms with Gasteiger partial charge in [-0.2, -0.15) is 0 Å². The summed E-state index contributed by atoms with van der Waals surface area (Å²) in [4.78, 5) is 28.4. The molecule has 0 fully saturated rings. The van der Waals surface area contributed by atoms with E-state index in [0.717, 1.165) is 0 Å².